The van der Waals surface area contributed by atoms with E-state index in [4.69, 9.17) is 0 Å². The predicted molar refractivity (Wildman–Crippen MR) is 43.8 cm³/mol. The molecule has 0 unspecified atom stereocenters. The number of hydrogen-bond donors (Lipinski definition) is 0. The summed E-state index contributed by atoms with van der Waals surface area (Å²) in [6.07, 6.45) is 9.06. The molecule has 1 heteroatoms. The number of rotatable bonds is 4. The van der Waals surface area contributed by atoms with Crippen LogP contribution in [0.15, 0.2) is 37.0 Å². The average molecular weight is 136 g/mol. The number of carbonyl (C=O) groups excluding carboxylic acids is 1. The van der Waals surface area contributed by atoms with Crippen molar-refractivity contribution in [3.63, 3.8) is 0 Å². The van der Waals surface area contributed by atoms with Gasteiger partial charge in [-0.05, 0) is 6.08 Å². The lowest BCUT2D eigenvalue weighted by atomic mass is 10.3. The molecular formula is C9H12O. The molecule has 0 saturated heterocycles. The van der Waals surface area contributed by atoms with Gasteiger partial charge in [-0.15, -0.1) is 0 Å². The molecule has 1 nitrogen and oxygen atoms in total. The number of ketones is 1. The smallest absolute Gasteiger partial charge is 0.155 e. The molecule has 0 spiro atoms. The Morgan fingerprint density at radius 2 is 2.10 bits per heavy atom. The van der Waals surface area contributed by atoms with Crippen LogP contribution in [0.2, 0.25) is 0 Å². The van der Waals surface area contributed by atoms with Crippen molar-refractivity contribution in [2.75, 3.05) is 0 Å². The summed E-state index contributed by atoms with van der Waals surface area (Å²) in [4.78, 5) is 10.6. The number of hydrogen-bond acceptors (Lipinski definition) is 1. The second-order valence-corrected chi connectivity index (χ2v) is 1.80. The summed E-state index contributed by atoms with van der Waals surface area (Å²) in [6, 6.07) is 0. The fourth-order valence-electron chi connectivity index (χ4n) is 0.423. The Balaban J connectivity index is 3.65. The minimum absolute atomic E-state index is 0.147. The molecule has 0 amide bonds. The summed E-state index contributed by atoms with van der Waals surface area (Å²) in [5.74, 6) is 0.147. The summed E-state index contributed by atoms with van der Waals surface area (Å²) in [7, 11) is 0. The molecule has 0 N–H and O–H groups in total. The Morgan fingerprint density at radius 3 is 2.60 bits per heavy atom. The lowest BCUT2D eigenvalue weighted by molar-refractivity contribution is -0.114. The normalized spacial score (nSPS) is 10.9. The van der Waals surface area contributed by atoms with Gasteiger partial charge in [-0.25, -0.2) is 0 Å². The van der Waals surface area contributed by atoms with Crippen molar-refractivity contribution in [1.82, 2.24) is 0 Å². The van der Waals surface area contributed by atoms with Gasteiger partial charge in [0.1, 0.15) is 0 Å². The van der Waals surface area contributed by atoms with E-state index in [1.165, 1.54) is 0 Å². The largest absolute Gasteiger partial charge is 0.295 e. The first-order valence-corrected chi connectivity index (χ1v) is 3.30. The van der Waals surface area contributed by atoms with Crippen molar-refractivity contribution in [2.24, 2.45) is 0 Å². The van der Waals surface area contributed by atoms with Crippen LogP contribution in [0.3, 0.4) is 0 Å². The Hall–Kier alpha value is -1.11. The molecule has 54 valence electrons. The summed E-state index contributed by atoms with van der Waals surface area (Å²) in [5, 5.41) is 0. The van der Waals surface area contributed by atoms with Gasteiger partial charge in [-0.3, -0.25) is 4.79 Å². The van der Waals surface area contributed by atoms with E-state index < -0.39 is 0 Å². The third-order valence-electron chi connectivity index (χ3n) is 0.989. The zero-order valence-corrected chi connectivity index (χ0v) is 6.21. The van der Waals surface area contributed by atoms with E-state index in [2.05, 4.69) is 6.58 Å². The minimum Gasteiger partial charge on any atom is -0.295 e. The maximum absolute atomic E-state index is 10.6. The average Bonchev–Trinajstić information content (AvgIpc) is 1.98. The Morgan fingerprint density at radius 1 is 1.40 bits per heavy atom. The molecule has 10 heavy (non-hydrogen) atoms. The summed E-state index contributed by atoms with van der Waals surface area (Å²) >= 11 is 0. The van der Waals surface area contributed by atoms with Crippen LogP contribution in [-0.2, 0) is 4.79 Å². The Kier molecular flexibility index (Phi) is 5.35. The van der Waals surface area contributed by atoms with Gasteiger partial charge in [-0.2, -0.15) is 0 Å². The van der Waals surface area contributed by atoms with Crippen LogP contribution in [0.25, 0.3) is 0 Å². The summed E-state index contributed by atoms with van der Waals surface area (Å²) in [5.41, 5.74) is 0. The molecule has 0 aromatic heterocycles. The van der Waals surface area contributed by atoms with Gasteiger partial charge in [0.05, 0.1) is 0 Å². The van der Waals surface area contributed by atoms with Gasteiger partial charge < -0.3 is 0 Å². The maximum atomic E-state index is 10.6. The zero-order valence-electron chi connectivity index (χ0n) is 6.21. The van der Waals surface area contributed by atoms with Crippen LogP contribution in [0.1, 0.15) is 13.3 Å². The first-order chi connectivity index (χ1) is 4.81. The summed E-state index contributed by atoms with van der Waals surface area (Å²) < 4.78 is 0. The van der Waals surface area contributed by atoms with Gasteiger partial charge in [-0.1, -0.05) is 37.8 Å². The molecule has 0 aromatic carbocycles. The van der Waals surface area contributed by atoms with E-state index in [1.807, 2.05) is 6.92 Å². The van der Waals surface area contributed by atoms with Crippen molar-refractivity contribution in [3.05, 3.63) is 37.0 Å². The van der Waals surface area contributed by atoms with Gasteiger partial charge in [0.2, 0.25) is 0 Å². The standard InChI is InChI=1S/C9H12O/c1-3-5-6-7-8-9(10)4-2/h3,5-8H,1,4H2,2H3/b6-5-,8-7+. The third kappa shape index (κ3) is 5.04. The Labute approximate surface area is 61.8 Å². The predicted octanol–water partition coefficient (Wildman–Crippen LogP) is 2.26. The molecule has 0 aliphatic heterocycles. The molecule has 0 bridgehead atoms. The lowest BCUT2D eigenvalue weighted by Gasteiger charge is -1.80. The zero-order chi connectivity index (χ0) is 7.82. The van der Waals surface area contributed by atoms with Crippen molar-refractivity contribution in [1.29, 1.82) is 0 Å². The molecule has 0 fully saturated rings. The SMILES string of the molecule is C=C/C=C\C=C\C(=O)CC. The fourth-order valence-corrected chi connectivity index (χ4v) is 0.423. The number of carbonyl (C=O) groups is 1. The van der Waals surface area contributed by atoms with Crippen LogP contribution >= 0.6 is 0 Å². The highest BCUT2D eigenvalue weighted by Gasteiger charge is 1.84. The van der Waals surface area contributed by atoms with Crippen LogP contribution in [0.4, 0.5) is 0 Å². The van der Waals surface area contributed by atoms with E-state index in [0.29, 0.717) is 6.42 Å². The van der Waals surface area contributed by atoms with E-state index in [-0.39, 0.29) is 5.78 Å². The monoisotopic (exact) mass is 136 g/mol. The maximum Gasteiger partial charge on any atom is 0.155 e. The first kappa shape index (κ1) is 8.89. The molecule has 0 aliphatic rings. The van der Waals surface area contributed by atoms with Gasteiger partial charge in [0.15, 0.2) is 5.78 Å². The third-order valence-corrected chi connectivity index (χ3v) is 0.989. The van der Waals surface area contributed by atoms with Crippen LogP contribution in [0.5, 0.6) is 0 Å². The van der Waals surface area contributed by atoms with Gasteiger partial charge >= 0.3 is 0 Å². The fraction of sp³-hybridized carbons (Fsp3) is 0.222. The van der Waals surface area contributed by atoms with Crippen molar-refractivity contribution < 1.29 is 4.79 Å². The highest BCUT2D eigenvalue weighted by Crippen LogP contribution is 1.84. The van der Waals surface area contributed by atoms with Crippen molar-refractivity contribution >= 4 is 5.78 Å². The highest BCUT2D eigenvalue weighted by molar-refractivity contribution is 5.89. The highest BCUT2D eigenvalue weighted by atomic mass is 16.1. The molecule has 0 rings (SSSR count). The van der Waals surface area contributed by atoms with E-state index in [0.717, 1.165) is 0 Å². The van der Waals surface area contributed by atoms with Crippen LogP contribution in [0, 0.1) is 0 Å². The van der Waals surface area contributed by atoms with Gasteiger partial charge in [0.25, 0.3) is 0 Å². The Bertz CT molecular complexity index is 164. The van der Waals surface area contributed by atoms with Gasteiger partial charge in [0, 0.05) is 6.42 Å². The van der Waals surface area contributed by atoms with Crippen molar-refractivity contribution in [3.8, 4) is 0 Å². The molecule has 0 radical (unpaired) electrons. The van der Waals surface area contributed by atoms with E-state index >= 15 is 0 Å². The second kappa shape index (κ2) is 6.02. The number of allylic oxidation sites excluding steroid dienone is 5. The van der Waals surface area contributed by atoms with E-state index in [9.17, 15) is 4.79 Å². The van der Waals surface area contributed by atoms with Crippen LogP contribution in [-0.4, -0.2) is 5.78 Å². The van der Waals surface area contributed by atoms with Crippen LogP contribution < -0.4 is 0 Å². The lowest BCUT2D eigenvalue weighted by Crippen LogP contribution is -1.85. The molecule has 0 heterocycles. The molecule has 0 atom stereocenters. The molecule has 0 saturated carbocycles. The quantitative estimate of drug-likeness (QED) is 0.428. The second-order valence-electron chi connectivity index (χ2n) is 1.80. The topological polar surface area (TPSA) is 17.1 Å². The molecule has 0 aromatic rings. The minimum atomic E-state index is 0.147. The first-order valence-electron chi connectivity index (χ1n) is 3.30. The summed E-state index contributed by atoms with van der Waals surface area (Å²) in [6.45, 7) is 5.33. The molecule has 0 aliphatic carbocycles. The van der Waals surface area contributed by atoms with Crippen molar-refractivity contribution in [2.45, 2.75) is 13.3 Å². The van der Waals surface area contributed by atoms with E-state index in [1.54, 1.807) is 30.4 Å². The molecular weight excluding hydrogens is 124 g/mol.